The zero-order chi connectivity index (χ0) is 8.39. The van der Waals surface area contributed by atoms with Crippen molar-refractivity contribution in [3.63, 3.8) is 0 Å². The Morgan fingerprint density at radius 2 is 2.17 bits per heavy atom. The van der Waals surface area contributed by atoms with Crippen LogP contribution in [-0.4, -0.2) is 24.3 Å². The van der Waals surface area contributed by atoms with Crippen molar-refractivity contribution in [2.24, 2.45) is 0 Å². The van der Waals surface area contributed by atoms with Crippen molar-refractivity contribution in [2.75, 3.05) is 18.0 Å². The van der Waals surface area contributed by atoms with E-state index in [9.17, 15) is 5.11 Å². The summed E-state index contributed by atoms with van der Waals surface area (Å²) in [6.07, 6.45) is 0.743. The number of anilines is 1. The number of β-amino-alcohol motifs (C(OH)–C–C–N with tert-alkyl or cyclic N) is 1. The largest absolute Gasteiger partial charge is 0.391 e. The summed E-state index contributed by atoms with van der Waals surface area (Å²) in [5.74, 6) is 0. The van der Waals surface area contributed by atoms with Gasteiger partial charge < -0.3 is 10.0 Å². The molecule has 2 rings (SSSR count). The molecule has 1 aromatic rings. The maximum Gasteiger partial charge on any atom is 0.0731 e. The summed E-state index contributed by atoms with van der Waals surface area (Å²) in [5, 5.41) is 9.31. The van der Waals surface area contributed by atoms with Crippen LogP contribution in [0.1, 0.15) is 6.42 Å². The summed E-state index contributed by atoms with van der Waals surface area (Å²) in [4.78, 5) is 2.19. The monoisotopic (exact) mass is 162 g/mol. The maximum atomic E-state index is 9.31. The lowest BCUT2D eigenvalue weighted by atomic mass is 10.3. The van der Waals surface area contributed by atoms with Gasteiger partial charge in [0.25, 0.3) is 0 Å². The van der Waals surface area contributed by atoms with Crippen molar-refractivity contribution in [3.8, 4) is 0 Å². The van der Waals surface area contributed by atoms with Crippen LogP contribution >= 0.6 is 0 Å². The van der Waals surface area contributed by atoms with E-state index in [-0.39, 0.29) is 6.10 Å². The molecular weight excluding hydrogens is 150 g/mol. The lowest BCUT2D eigenvalue weighted by Crippen LogP contribution is -2.20. The lowest BCUT2D eigenvalue weighted by Gasteiger charge is -2.16. The van der Waals surface area contributed by atoms with E-state index in [2.05, 4.69) is 11.0 Å². The first-order valence-corrected chi connectivity index (χ1v) is 4.25. The Bertz CT molecular complexity index is 247. The molecule has 1 unspecified atom stereocenters. The molecule has 0 amide bonds. The van der Waals surface area contributed by atoms with Gasteiger partial charge in [-0.15, -0.1) is 0 Å². The molecule has 1 radical (unpaired) electrons. The SMILES string of the molecule is OC1CCN(c2cc[c]cc2)C1. The van der Waals surface area contributed by atoms with E-state index < -0.39 is 0 Å². The molecule has 0 bridgehead atoms. The van der Waals surface area contributed by atoms with Crippen molar-refractivity contribution in [3.05, 3.63) is 30.3 Å². The lowest BCUT2D eigenvalue weighted by molar-refractivity contribution is 0.198. The Balaban J connectivity index is 2.11. The topological polar surface area (TPSA) is 23.5 Å². The normalized spacial score (nSPS) is 23.1. The van der Waals surface area contributed by atoms with Gasteiger partial charge in [-0.05, 0) is 24.6 Å². The Hall–Kier alpha value is -1.02. The molecule has 1 heterocycles. The second kappa shape index (κ2) is 3.15. The zero-order valence-electron chi connectivity index (χ0n) is 6.90. The van der Waals surface area contributed by atoms with Gasteiger partial charge in [0, 0.05) is 18.8 Å². The Kier molecular flexibility index (Phi) is 2.00. The van der Waals surface area contributed by atoms with E-state index in [1.165, 1.54) is 5.69 Å². The van der Waals surface area contributed by atoms with Gasteiger partial charge in [-0.1, -0.05) is 12.1 Å². The standard InChI is InChI=1S/C10H12NO/c12-10-6-7-11(8-10)9-4-2-1-3-5-9/h2-5,10,12H,6-8H2. The van der Waals surface area contributed by atoms with Crippen LogP contribution in [0.4, 0.5) is 5.69 Å². The highest BCUT2D eigenvalue weighted by molar-refractivity contribution is 5.46. The molecule has 1 atom stereocenters. The number of benzene rings is 1. The molecule has 1 saturated heterocycles. The molecule has 1 aromatic carbocycles. The van der Waals surface area contributed by atoms with Gasteiger partial charge in [0.1, 0.15) is 0 Å². The third-order valence-corrected chi connectivity index (χ3v) is 2.23. The summed E-state index contributed by atoms with van der Waals surface area (Å²) >= 11 is 0. The van der Waals surface area contributed by atoms with E-state index in [4.69, 9.17) is 0 Å². The number of hydrogen-bond donors (Lipinski definition) is 1. The molecule has 1 aliphatic heterocycles. The van der Waals surface area contributed by atoms with Gasteiger partial charge >= 0.3 is 0 Å². The average Bonchev–Trinajstić information content (AvgIpc) is 2.54. The van der Waals surface area contributed by atoms with Crippen LogP contribution in [0.3, 0.4) is 0 Å². The second-order valence-corrected chi connectivity index (χ2v) is 3.15. The van der Waals surface area contributed by atoms with Gasteiger partial charge in [0.05, 0.1) is 6.10 Å². The zero-order valence-corrected chi connectivity index (χ0v) is 6.90. The van der Waals surface area contributed by atoms with E-state index in [1.807, 2.05) is 24.3 Å². The minimum absolute atomic E-state index is 0.144. The summed E-state index contributed by atoms with van der Waals surface area (Å²) in [6, 6.07) is 10.8. The molecule has 63 valence electrons. The molecule has 1 aliphatic rings. The minimum Gasteiger partial charge on any atom is -0.391 e. The van der Waals surface area contributed by atoms with Crippen LogP contribution in [0.5, 0.6) is 0 Å². The summed E-state index contributed by atoms with van der Waals surface area (Å²) in [6.45, 7) is 1.73. The number of nitrogens with zero attached hydrogens (tertiary/aromatic N) is 1. The van der Waals surface area contributed by atoms with Gasteiger partial charge in [0.15, 0.2) is 0 Å². The predicted octanol–water partition coefficient (Wildman–Crippen LogP) is 1.06. The predicted molar refractivity (Wildman–Crippen MR) is 48.1 cm³/mol. The number of rotatable bonds is 1. The average molecular weight is 162 g/mol. The third kappa shape index (κ3) is 1.43. The van der Waals surface area contributed by atoms with Crippen molar-refractivity contribution < 1.29 is 5.11 Å². The van der Waals surface area contributed by atoms with Gasteiger partial charge in [-0.3, -0.25) is 0 Å². The molecule has 1 N–H and O–H groups in total. The van der Waals surface area contributed by atoms with Gasteiger partial charge in [-0.2, -0.15) is 0 Å². The molecule has 2 nitrogen and oxygen atoms in total. The van der Waals surface area contributed by atoms with Crippen LogP contribution in [-0.2, 0) is 0 Å². The van der Waals surface area contributed by atoms with E-state index >= 15 is 0 Å². The van der Waals surface area contributed by atoms with Crippen molar-refractivity contribution >= 4 is 5.69 Å². The van der Waals surface area contributed by atoms with Crippen LogP contribution in [0, 0.1) is 6.07 Å². The summed E-state index contributed by atoms with van der Waals surface area (Å²) in [7, 11) is 0. The van der Waals surface area contributed by atoms with Crippen LogP contribution in [0.15, 0.2) is 24.3 Å². The first-order valence-electron chi connectivity index (χ1n) is 4.25. The van der Waals surface area contributed by atoms with Crippen LogP contribution < -0.4 is 4.90 Å². The fourth-order valence-corrected chi connectivity index (χ4v) is 1.57. The molecule has 2 heteroatoms. The van der Waals surface area contributed by atoms with Gasteiger partial charge in [-0.25, -0.2) is 0 Å². The first-order chi connectivity index (χ1) is 5.86. The quantitative estimate of drug-likeness (QED) is 0.667. The van der Waals surface area contributed by atoms with Crippen LogP contribution in [0.25, 0.3) is 0 Å². The third-order valence-electron chi connectivity index (χ3n) is 2.23. The number of aliphatic hydroxyl groups is 1. The maximum absolute atomic E-state index is 9.31. The van der Waals surface area contributed by atoms with E-state index in [1.54, 1.807) is 0 Å². The molecule has 0 saturated carbocycles. The van der Waals surface area contributed by atoms with Crippen molar-refractivity contribution in [1.82, 2.24) is 0 Å². The molecule has 0 aliphatic carbocycles. The van der Waals surface area contributed by atoms with E-state index in [0.29, 0.717) is 0 Å². The highest BCUT2D eigenvalue weighted by atomic mass is 16.3. The molecule has 12 heavy (non-hydrogen) atoms. The Labute approximate surface area is 72.4 Å². The molecule has 1 fully saturated rings. The fourth-order valence-electron chi connectivity index (χ4n) is 1.57. The van der Waals surface area contributed by atoms with Crippen molar-refractivity contribution in [2.45, 2.75) is 12.5 Å². The highest BCUT2D eigenvalue weighted by Gasteiger charge is 2.19. The van der Waals surface area contributed by atoms with Crippen molar-refractivity contribution in [1.29, 1.82) is 0 Å². The number of aliphatic hydroxyl groups excluding tert-OH is 1. The highest BCUT2D eigenvalue weighted by Crippen LogP contribution is 2.18. The summed E-state index contributed by atoms with van der Waals surface area (Å²) in [5.41, 5.74) is 1.19. The Morgan fingerprint density at radius 3 is 2.75 bits per heavy atom. The summed E-state index contributed by atoms with van der Waals surface area (Å²) < 4.78 is 0. The Morgan fingerprint density at radius 1 is 1.42 bits per heavy atom. The smallest absolute Gasteiger partial charge is 0.0731 e. The van der Waals surface area contributed by atoms with Crippen LogP contribution in [0.2, 0.25) is 0 Å². The molecular formula is C10H12NO. The van der Waals surface area contributed by atoms with Gasteiger partial charge in [0.2, 0.25) is 0 Å². The first kappa shape index (κ1) is 7.62. The van der Waals surface area contributed by atoms with E-state index in [0.717, 1.165) is 19.5 Å². The fraction of sp³-hybridized carbons (Fsp3) is 0.400. The molecule has 0 spiro atoms. The second-order valence-electron chi connectivity index (χ2n) is 3.15. The molecule has 0 aromatic heterocycles. The minimum atomic E-state index is -0.144. The number of hydrogen-bond acceptors (Lipinski definition) is 2.